The summed E-state index contributed by atoms with van der Waals surface area (Å²) in [6, 6.07) is 18.7. The van der Waals surface area contributed by atoms with E-state index in [1.807, 2.05) is 44.2 Å². The van der Waals surface area contributed by atoms with Crippen LogP contribution in [-0.4, -0.2) is 16.1 Å². The first-order valence-corrected chi connectivity index (χ1v) is 7.65. The van der Waals surface area contributed by atoms with E-state index in [2.05, 4.69) is 26.9 Å². The second-order valence-corrected chi connectivity index (χ2v) is 5.63. The summed E-state index contributed by atoms with van der Waals surface area (Å²) >= 11 is 0. The van der Waals surface area contributed by atoms with E-state index in [1.54, 1.807) is 24.3 Å². The van der Waals surface area contributed by atoms with Crippen LogP contribution in [0.5, 0.6) is 0 Å². The van der Waals surface area contributed by atoms with Crippen molar-refractivity contribution in [3.8, 4) is 0 Å². The van der Waals surface area contributed by atoms with Gasteiger partial charge < -0.3 is 10.6 Å². The maximum atomic E-state index is 12.1. The molecule has 0 unspecified atom stereocenters. The molecule has 5 nitrogen and oxygen atoms in total. The Bertz CT molecular complexity index is 825. The predicted octanol–water partition coefficient (Wildman–Crippen LogP) is 4.09. The molecule has 0 saturated carbocycles. The van der Waals surface area contributed by atoms with Gasteiger partial charge in [-0.05, 0) is 61.4 Å². The Morgan fingerprint density at radius 2 is 1.46 bits per heavy atom. The average Bonchev–Trinajstić information content (AvgIpc) is 2.56. The van der Waals surface area contributed by atoms with Crippen molar-refractivity contribution < 1.29 is 4.79 Å². The summed E-state index contributed by atoms with van der Waals surface area (Å²) in [4.78, 5) is 12.1. The number of carbonyl (C=O) groups excluding carboxylic acids is 1. The van der Waals surface area contributed by atoms with E-state index >= 15 is 0 Å². The maximum absolute atomic E-state index is 12.1. The third-order valence-corrected chi connectivity index (χ3v) is 3.44. The molecule has 120 valence electrons. The highest BCUT2D eigenvalue weighted by molar-refractivity contribution is 6.03. The lowest BCUT2D eigenvalue weighted by Gasteiger charge is -2.08. The normalized spacial score (nSPS) is 10.2. The zero-order valence-electron chi connectivity index (χ0n) is 13.6. The topological polar surface area (TPSA) is 66.9 Å². The summed E-state index contributed by atoms with van der Waals surface area (Å²) in [5.74, 6) is 0.826. The summed E-state index contributed by atoms with van der Waals surface area (Å²) in [5.41, 5.74) is 3.90. The fourth-order valence-electron chi connectivity index (χ4n) is 2.44. The molecule has 0 aliphatic carbocycles. The minimum atomic E-state index is -0.208. The zero-order valence-corrected chi connectivity index (χ0v) is 13.6. The number of aromatic nitrogens is 2. The fraction of sp³-hybridized carbons (Fsp3) is 0.105. The highest BCUT2D eigenvalue weighted by Gasteiger charge is 2.06. The van der Waals surface area contributed by atoms with Crippen LogP contribution in [-0.2, 0) is 0 Å². The minimum absolute atomic E-state index is 0.208. The molecule has 0 radical (unpaired) electrons. The predicted molar refractivity (Wildman–Crippen MR) is 95.6 cm³/mol. The molecule has 0 aliphatic rings. The maximum Gasteiger partial charge on any atom is 0.256 e. The summed E-state index contributed by atoms with van der Waals surface area (Å²) in [7, 11) is 0. The molecule has 0 atom stereocenters. The third kappa shape index (κ3) is 3.95. The van der Waals surface area contributed by atoms with Crippen LogP contribution < -0.4 is 10.6 Å². The fourth-order valence-corrected chi connectivity index (χ4v) is 2.44. The summed E-state index contributed by atoms with van der Waals surface area (Å²) in [5, 5.41) is 14.1. The molecule has 0 spiro atoms. The van der Waals surface area contributed by atoms with Gasteiger partial charge in [-0.1, -0.05) is 24.3 Å². The molecule has 2 N–H and O–H groups in total. The number of amides is 1. The van der Waals surface area contributed by atoms with Crippen LogP contribution in [0.15, 0.2) is 60.7 Å². The second kappa shape index (κ2) is 6.91. The Morgan fingerprint density at radius 3 is 2.08 bits per heavy atom. The number of benzene rings is 2. The van der Waals surface area contributed by atoms with Crippen molar-refractivity contribution in [2.24, 2.45) is 0 Å². The number of nitrogens with one attached hydrogen (secondary N) is 2. The summed E-state index contributed by atoms with van der Waals surface area (Å²) in [6.07, 6.45) is 0. The van der Waals surface area contributed by atoms with Crippen LogP contribution in [0.25, 0.3) is 0 Å². The molecular formula is C19H18N4O. The Hall–Kier alpha value is -3.21. The molecular weight excluding hydrogens is 300 g/mol. The first-order chi connectivity index (χ1) is 11.6. The second-order valence-electron chi connectivity index (χ2n) is 5.63. The summed E-state index contributed by atoms with van der Waals surface area (Å²) < 4.78 is 0. The molecule has 1 aromatic heterocycles. The zero-order chi connectivity index (χ0) is 16.9. The molecule has 0 aliphatic heterocycles. The van der Waals surface area contributed by atoms with Gasteiger partial charge in [0, 0.05) is 11.3 Å². The third-order valence-electron chi connectivity index (χ3n) is 3.44. The lowest BCUT2D eigenvalue weighted by molar-refractivity contribution is 0.102. The van der Waals surface area contributed by atoms with Crippen LogP contribution >= 0.6 is 0 Å². The molecule has 5 heteroatoms. The number of hydrogen-bond acceptors (Lipinski definition) is 4. The van der Waals surface area contributed by atoms with Crippen LogP contribution in [0.3, 0.4) is 0 Å². The van der Waals surface area contributed by atoms with Gasteiger partial charge in [0.2, 0.25) is 0 Å². The SMILES string of the molecule is Cc1cc(C)cc(Nc2ccc(NC(=O)c3ccccc3)nn2)c1. The van der Waals surface area contributed by atoms with Crippen LogP contribution in [0.2, 0.25) is 0 Å². The van der Waals surface area contributed by atoms with Gasteiger partial charge in [-0.15, -0.1) is 10.2 Å². The Labute approximate surface area is 140 Å². The number of aryl methyl sites for hydroxylation is 2. The highest BCUT2D eigenvalue weighted by atomic mass is 16.1. The largest absolute Gasteiger partial charge is 0.339 e. The first-order valence-electron chi connectivity index (χ1n) is 7.65. The number of carbonyl (C=O) groups is 1. The average molecular weight is 318 g/mol. The van der Waals surface area contributed by atoms with Crippen LogP contribution in [0.1, 0.15) is 21.5 Å². The molecule has 0 fully saturated rings. The van der Waals surface area contributed by atoms with Crippen LogP contribution in [0.4, 0.5) is 17.3 Å². The van der Waals surface area contributed by atoms with Crippen molar-refractivity contribution in [2.45, 2.75) is 13.8 Å². The van der Waals surface area contributed by atoms with E-state index in [0.29, 0.717) is 17.2 Å². The molecule has 3 aromatic rings. The van der Waals surface area contributed by atoms with Crippen molar-refractivity contribution >= 4 is 23.2 Å². The molecule has 24 heavy (non-hydrogen) atoms. The van der Waals surface area contributed by atoms with Crippen molar-refractivity contribution in [1.29, 1.82) is 0 Å². The molecule has 1 heterocycles. The van der Waals surface area contributed by atoms with Crippen molar-refractivity contribution in [1.82, 2.24) is 10.2 Å². The van der Waals surface area contributed by atoms with Gasteiger partial charge in [0.1, 0.15) is 0 Å². The minimum Gasteiger partial charge on any atom is -0.339 e. The number of rotatable bonds is 4. The summed E-state index contributed by atoms with van der Waals surface area (Å²) in [6.45, 7) is 4.10. The lowest BCUT2D eigenvalue weighted by atomic mass is 10.1. The first kappa shape index (κ1) is 15.7. The van der Waals surface area contributed by atoms with Crippen LogP contribution in [0, 0.1) is 13.8 Å². The standard InChI is InChI=1S/C19H18N4O/c1-13-10-14(2)12-16(11-13)20-17-8-9-18(23-22-17)21-19(24)15-6-4-3-5-7-15/h3-12H,1-2H3,(H,20,22)(H,21,23,24). The molecule has 1 amide bonds. The molecule has 0 saturated heterocycles. The van der Waals surface area contributed by atoms with Gasteiger partial charge in [-0.25, -0.2) is 0 Å². The van der Waals surface area contributed by atoms with Gasteiger partial charge in [-0.3, -0.25) is 4.79 Å². The lowest BCUT2D eigenvalue weighted by Crippen LogP contribution is -2.13. The van der Waals surface area contributed by atoms with Crippen molar-refractivity contribution in [2.75, 3.05) is 10.6 Å². The van der Waals surface area contributed by atoms with Gasteiger partial charge in [0.15, 0.2) is 11.6 Å². The van der Waals surface area contributed by atoms with Gasteiger partial charge >= 0.3 is 0 Å². The quantitative estimate of drug-likeness (QED) is 0.760. The Balaban J connectivity index is 1.68. The van der Waals surface area contributed by atoms with Crippen molar-refractivity contribution in [3.63, 3.8) is 0 Å². The van der Waals surface area contributed by atoms with E-state index < -0.39 is 0 Å². The number of hydrogen-bond donors (Lipinski definition) is 2. The van der Waals surface area contributed by atoms with E-state index in [0.717, 1.165) is 5.69 Å². The smallest absolute Gasteiger partial charge is 0.256 e. The monoisotopic (exact) mass is 318 g/mol. The van der Waals surface area contributed by atoms with Gasteiger partial charge in [-0.2, -0.15) is 0 Å². The van der Waals surface area contributed by atoms with E-state index in [9.17, 15) is 4.79 Å². The Kier molecular flexibility index (Phi) is 4.52. The molecule has 3 rings (SSSR count). The van der Waals surface area contributed by atoms with E-state index in [-0.39, 0.29) is 5.91 Å². The molecule has 2 aromatic carbocycles. The van der Waals surface area contributed by atoms with Crippen molar-refractivity contribution in [3.05, 3.63) is 77.4 Å². The number of nitrogens with zero attached hydrogens (tertiary/aromatic N) is 2. The Morgan fingerprint density at radius 1 is 0.833 bits per heavy atom. The van der Waals surface area contributed by atoms with Gasteiger partial charge in [0.05, 0.1) is 0 Å². The van der Waals surface area contributed by atoms with E-state index in [4.69, 9.17) is 0 Å². The molecule has 0 bridgehead atoms. The highest BCUT2D eigenvalue weighted by Crippen LogP contribution is 2.18. The van der Waals surface area contributed by atoms with E-state index in [1.165, 1.54) is 11.1 Å². The van der Waals surface area contributed by atoms with Gasteiger partial charge in [0.25, 0.3) is 5.91 Å². The number of anilines is 3.